The van der Waals surface area contributed by atoms with Gasteiger partial charge in [0.1, 0.15) is 0 Å². The summed E-state index contributed by atoms with van der Waals surface area (Å²) >= 11 is 0. The van der Waals surface area contributed by atoms with E-state index in [1.807, 2.05) is 30.3 Å². The number of hydrogen-bond donors (Lipinski definition) is 1. The van der Waals surface area contributed by atoms with Crippen LogP contribution in [0.2, 0.25) is 0 Å². The quantitative estimate of drug-likeness (QED) is 0.574. The SMILES string of the molecule is CCS(=O)(=O)N1CCC(C(=O)Nc2ccc([N+](=O)[O-])cc2)(c2ccccc2)CC1. The zero-order chi connectivity index (χ0) is 21.1. The number of benzene rings is 2. The molecule has 0 saturated carbocycles. The van der Waals surface area contributed by atoms with Crippen LogP contribution < -0.4 is 5.32 Å². The van der Waals surface area contributed by atoms with Crippen LogP contribution in [-0.2, 0) is 20.2 Å². The van der Waals surface area contributed by atoms with Crippen molar-refractivity contribution in [2.24, 2.45) is 0 Å². The number of piperidine rings is 1. The smallest absolute Gasteiger partial charge is 0.269 e. The molecule has 3 rings (SSSR count). The topological polar surface area (TPSA) is 110 Å². The Balaban J connectivity index is 1.87. The van der Waals surface area contributed by atoms with Crippen LogP contribution in [0.3, 0.4) is 0 Å². The van der Waals surface area contributed by atoms with E-state index in [0.717, 1.165) is 5.56 Å². The fraction of sp³-hybridized carbons (Fsp3) is 0.350. The minimum absolute atomic E-state index is 0.0281. The highest BCUT2D eigenvalue weighted by atomic mass is 32.2. The lowest BCUT2D eigenvalue weighted by molar-refractivity contribution is -0.384. The number of nitro groups is 1. The van der Waals surface area contributed by atoms with Crippen molar-refractivity contribution in [3.63, 3.8) is 0 Å². The first-order chi connectivity index (χ1) is 13.8. The molecule has 0 aliphatic carbocycles. The number of nitro benzene ring substituents is 1. The van der Waals surface area contributed by atoms with Gasteiger partial charge in [-0.1, -0.05) is 30.3 Å². The second-order valence-electron chi connectivity index (χ2n) is 7.01. The second-order valence-corrected chi connectivity index (χ2v) is 9.26. The van der Waals surface area contributed by atoms with Crippen molar-refractivity contribution in [1.82, 2.24) is 4.31 Å². The highest BCUT2D eigenvalue weighted by Gasteiger charge is 2.44. The molecule has 0 aromatic heterocycles. The van der Waals surface area contributed by atoms with E-state index >= 15 is 0 Å². The number of non-ortho nitro benzene ring substituents is 1. The molecule has 1 N–H and O–H groups in total. The summed E-state index contributed by atoms with van der Waals surface area (Å²) in [6.45, 7) is 2.13. The zero-order valence-corrected chi connectivity index (χ0v) is 16.9. The van der Waals surface area contributed by atoms with Crippen molar-refractivity contribution in [3.8, 4) is 0 Å². The number of hydrogen-bond acceptors (Lipinski definition) is 5. The van der Waals surface area contributed by atoms with Crippen LogP contribution in [0.1, 0.15) is 25.3 Å². The van der Waals surface area contributed by atoms with Crippen LogP contribution >= 0.6 is 0 Å². The Hall–Kier alpha value is -2.78. The Morgan fingerprint density at radius 1 is 1.10 bits per heavy atom. The number of carbonyl (C=O) groups is 1. The number of anilines is 1. The molecule has 0 spiro atoms. The second kappa shape index (κ2) is 8.30. The number of nitrogens with one attached hydrogen (secondary N) is 1. The molecule has 154 valence electrons. The predicted molar refractivity (Wildman–Crippen MR) is 110 cm³/mol. The van der Waals surface area contributed by atoms with Gasteiger partial charge in [-0.05, 0) is 37.5 Å². The molecular weight excluding hydrogens is 394 g/mol. The zero-order valence-electron chi connectivity index (χ0n) is 16.1. The van der Waals surface area contributed by atoms with E-state index in [2.05, 4.69) is 5.32 Å². The molecule has 0 radical (unpaired) electrons. The largest absolute Gasteiger partial charge is 0.325 e. The molecule has 1 aliphatic rings. The molecule has 1 amide bonds. The molecule has 2 aromatic carbocycles. The Labute approximate surface area is 169 Å². The van der Waals surface area contributed by atoms with Crippen molar-refractivity contribution >= 4 is 27.3 Å². The molecule has 1 saturated heterocycles. The fourth-order valence-electron chi connectivity index (χ4n) is 3.65. The van der Waals surface area contributed by atoms with E-state index < -0.39 is 20.4 Å². The first-order valence-electron chi connectivity index (χ1n) is 9.38. The average Bonchev–Trinajstić information content (AvgIpc) is 2.74. The standard InChI is InChI=1S/C20H23N3O5S/c1-2-29(27,28)22-14-12-20(13-15-22,16-6-4-3-5-7-16)19(24)21-17-8-10-18(11-9-17)23(25)26/h3-11H,2,12-15H2,1H3,(H,21,24). The fourth-order valence-corrected chi connectivity index (χ4v) is 4.75. The molecule has 0 atom stereocenters. The summed E-state index contributed by atoms with van der Waals surface area (Å²) in [5.74, 6) is -0.216. The summed E-state index contributed by atoms with van der Waals surface area (Å²) in [5.41, 5.74) is 0.356. The predicted octanol–water partition coefficient (Wildman–Crippen LogP) is 2.92. The van der Waals surface area contributed by atoms with Crippen molar-refractivity contribution in [3.05, 3.63) is 70.3 Å². The van der Waals surface area contributed by atoms with Crippen molar-refractivity contribution in [1.29, 1.82) is 0 Å². The minimum Gasteiger partial charge on any atom is -0.325 e. The molecular formula is C20H23N3O5S. The summed E-state index contributed by atoms with van der Waals surface area (Å²) in [5, 5.41) is 13.7. The van der Waals surface area contributed by atoms with Gasteiger partial charge in [-0.25, -0.2) is 12.7 Å². The van der Waals surface area contributed by atoms with Gasteiger partial charge in [-0.3, -0.25) is 14.9 Å². The molecule has 1 heterocycles. The third-order valence-corrected chi connectivity index (χ3v) is 7.31. The normalized spacial score (nSPS) is 16.9. The van der Waals surface area contributed by atoms with Gasteiger partial charge in [0.05, 0.1) is 16.1 Å². The Kier molecular flexibility index (Phi) is 5.99. The van der Waals surface area contributed by atoms with Crippen molar-refractivity contribution in [2.75, 3.05) is 24.2 Å². The van der Waals surface area contributed by atoms with Gasteiger partial charge in [0.25, 0.3) is 5.69 Å². The van der Waals surface area contributed by atoms with E-state index in [-0.39, 0.29) is 30.4 Å². The monoisotopic (exact) mass is 417 g/mol. The number of sulfonamides is 1. The third kappa shape index (κ3) is 4.30. The molecule has 1 aliphatic heterocycles. The maximum absolute atomic E-state index is 13.3. The van der Waals surface area contributed by atoms with E-state index in [1.165, 1.54) is 28.6 Å². The lowest BCUT2D eigenvalue weighted by atomic mass is 9.72. The third-order valence-electron chi connectivity index (χ3n) is 5.43. The highest BCUT2D eigenvalue weighted by Crippen LogP contribution is 2.37. The first kappa shape index (κ1) is 20.9. The Bertz CT molecular complexity index is 983. The Morgan fingerprint density at radius 2 is 1.69 bits per heavy atom. The summed E-state index contributed by atoms with van der Waals surface area (Å²) in [6, 6.07) is 15.0. The lowest BCUT2D eigenvalue weighted by Gasteiger charge is -2.40. The van der Waals surface area contributed by atoms with Crippen LogP contribution in [0, 0.1) is 10.1 Å². The van der Waals surface area contributed by atoms with Gasteiger partial charge in [0.15, 0.2) is 0 Å². The number of nitrogens with zero attached hydrogens (tertiary/aromatic N) is 2. The number of rotatable bonds is 6. The van der Waals surface area contributed by atoms with Gasteiger partial charge < -0.3 is 5.32 Å². The van der Waals surface area contributed by atoms with Crippen molar-refractivity contribution in [2.45, 2.75) is 25.2 Å². The van der Waals surface area contributed by atoms with E-state index in [0.29, 0.717) is 18.5 Å². The molecule has 0 unspecified atom stereocenters. The van der Waals surface area contributed by atoms with Crippen LogP contribution in [0.15, 0.2) is 54.6 Å². The summed E-state index contributed by atoms with van der Waals surface area (Å²) < 4.78 is 25.9. The number of amides is 1. The first-order valence-corrected chi connectivity index (χ1v) is 11.0. The minimum atomic E-state index is -3.31. The summed E-state index contributed by atoms with van der Waals surface area (Å²) in [4.78, 5) is 23.6. The highest BCUT2D eigenvalue weighted by molar-refractivity contribution is 7.89. The van der Waals surface area contributed by atoms with Crippen LogP contribution in [0.25, 0.3) is 0 Å². The van der Waals surface area contributed by atoms with E-state index in [9.17, 15) is 23.3 Å². The van der Waals surface area contributed by atoms with Crippen LogP contribution in [0.5, 0.6) is 0 Å². The molecule has 9 heteroatoms. The maximum Gasteiger partial charge on any atom is 0.269 e. The molecule has 0 bridgehead atoms. The van der Waals surface area contributed by atoms with Crippen molar-refractivity contribution < 1.29 is 18.1 Å². The van der Waals surface area contributed by atoms with Gasteiger partial charge in [0, 0.05) is 30.9 Å². The summed E-state index contributed by atoms with van der Waals surface area (Å²) in [7, 11) is -3.31. The molecule has 8 nitrogen and oxygen atoms in total. The van der Waals surface area contributed by atoms with Gasteiger partial charge >= 0.3 is 0 Å². The molecule has 2 aromatic rings. The average molecular weight is 417 g/mol. The van der Waals surface area contributed by atoms with E-state index in [4.69, 9.17) is 0 Å². The van der Waals surface area contributed by atoms with Gasteiger partial charge in [-0.15, -0.1) is 0 Å². The number of carbonyl (C=O) groups excluding carboxylic acids is 1. The Morgan fingerprint density at radius 3 is 2.21 bits per heavy atom. The summed E-state index contributed by atoms with van der Waals surface area (Å²) in [6.07, 6.45) is 0.712. The lowest BCUT2D eigenvalue weighted by Crippen LogP contribution is -2.51. The van der Waals surface area contributed by atoms with Gasteiger partial charge in [-0.2, -0.15) is 0 Å². The molecule has 1 fully saturated rings. The maximum atomic E-state index is 13.3. The molecule has 29 heavy (non-hydrogen) atoms. The van der Waals surface area contributed by atoms with Crippen LogP contribution in [0.4, 0.5) is 11.4 Å². The van der Waals surface area contributed by atoms with E-state index in [1.54, 1.807) is 6.92 Å². The van der Waals surface area contributed by atoms with Crippen LogP contribution in [-0.4, -0.2) is 42.4 Å². The van der Waals surface area contributed by atoms with Gasteiger partial charge in [0.2, 0.25) is 15.9 Å².